The van der Waals surface area contributed by atoms with Crippen LogP contribution in [-0.2, 0) is 12.7 Å². The molecule has 0 saturated heterocycles. The van der Waals surface area contributed by atoms with Crippen molar-refractivity contribution >= 4 is 11.3 Å². The molecule has 0 radical (unpaired) electrons. The van der Waals surface area contributed by atoms with Crippen LogP contribution in [0.5, 0.6) is 0 Å². The normalized spacial score (nSPS) is 13.4. The van der Waals surface area contributed by atoms with Crippen molar-refractivity contribution in [3.63, 3.8) is 0 Å². The first-order valence-electron chi connectivity index (χ1n) is 5.86. The fraction of sp³-hybridized carbons (Fsp3) is 0.308. The summed E-state index contributed by atoms with van der Waals surface area (Å²) in [5, 5.41) is 5.55. The van der Waals surface area contributed by atoms with Gasteiger partial charge in [0.15, 0.2) is 0 Å². The molecule has 0 spiro atoms. The topological polar surface area (TPSA) is 24.9 Å². The van der Waals surface area contributed by atoms with Gasteiger partial charge in [-0.25, -0.2) is 9.37 Å². The number of alkyl halides is 3. The summed E-state index contributed by atoms with van der Waals surface area (Å²) in [7, 11) is 0. The summed E-state index contributed by atoms with van der Waals surface area (Å²) in [4.78, 5) is 4.09. The number of thiazole rings is 1. The van der Waals surface area contributed by atoms with Crippen LogP contribution in [0.25, 0.3) is 0 Å². The minimum absolute atomic E-state index is 0.00410. The molecule has 2 rings (SSSR count). The van der Waals surface area contributed by atoms with Gasteiger partial charge < -0.3 is 5.32 Å². The first-order chi connectivity index (χ1) is 9.38. The lowest BCUT2D eigenvalue weighted by molar-refractivity contribution is -0.138. The Balaban J connectivity index is 2.13. The molecule has 0 aliphatic heterocycles. The second kappa shape index (κ2) is 5.88. The number of nitrogens with one attached hydrogen (secondary N) is 1. The minimum atomic E-state index is -4.57. The quantitative estimate of drug-likeness (QED) is 0.858. The summed E-state index contributed by atoms with van der Waals surface area (Å²) in [5.74, 6) is -0.894. The van der Waals surface area contributed by atoms with Crippen molar-refractivity contribution in [2.24, 2.45) is 0 Å². The maximum atomic E-state index is 13.0. The Morgan fingerprint density at radius 2 is 2.10 bits per heavy atom. The van der Waals surface area contributed by atoms with E-state index >= 15 is 0 Å². The van der Waals surface area contributed by atoms with E-state index in [0.717, 1.165) is 17.1 Å². The van der Waals surface area contributed by atoms with Gasteiger partial charge in [0.1, 0.15) is 10.8 Å². The van der Waals surface area contributed by atoms with E-state index < -0.39 is 17.6 Å². The average molecular weight is 304 g/mol. The first-order valence-corrected chi connectivity index (χ1v) is 6.74. The Labute approximate surface area is 117 Å². The molecule has 0 bridgehead atoms. The minimum Gasteiger partial charge on any atom is -0.304 e. The average Bonchev–Trinajstić information content (AvgIpc) is 2.89. The fourth-order valence-corrected chi connectivity index (χ4v) is 2.44. The highest BCUT2D eigenvalue weighted by molar-refractivity contribution is 7.09. The monoisotopic (exact) mass is 304 g/mol. The van der Waals surface area contributed by atoms with Crippen molar-refractivity contribution in [3.8, 4) is 0 Å². The SMILES string of the molecule is CC(NCc1ccc(F)cc1C(F)(F)F)c1nccs1. The molecule has 7 heteroatoms. The maximum Gasteiger partial charge on any atom is 0.416 e. The Bertz CT molecular complexity index is 566. The molecule has 0 aliphatic carbocycles. The van der Waals surface area contributed by atoms with Gasteiger partial charge in [-0.3, -0.25) is 0 Å². The van der Waals surface area contributed by atoms with Gasteiger partial charge in [0.2, 0.25) is 0 Å². The third-order valence-corrected chi connectivity index (χ3v) is 3.76. The van der Waals surface area contributed by atoms with E-state index in [4.69, 9.17) is 0 Å². The Morgan fingerprint density at radius 1 is 1.35 bits per heavy atom. The van der Waals surface area contributed by atoms with Crippen LogP contribution in [0.1, 0.15) is 29.1 Å². The Morgan fingerprint density at radius 3 is 2.70 bits per heavy atom. The van der Waals surface area contributed by atoms with Crippen LogP contribution < -0.4 is 5.32 Å². The molecule has 0 aliphatic rings. The molecule has 1 aromatic carbocycles. The second-order valence-electron chi connectivity index (χ2n) is 4.27. The van der Waals surface area contributed by atoms with Crippen molar-refractivity contribution in [1.29, 1.82) is 0 Å². The van der Waals surface area contributed by atoms with Crippen LogP contribution >= 0.6 is 11.3 Å². The number of benzene rings is 1. The zero-order chi connectivity index (χ0) is 14.8. The molecule has 20 heavy (non-hydrogen) atoms. The molecular formula is C13H12F4N2S. The van der Waals surface area contributed by atoms with Gasteiger partial charge in [-0.05, 0) is 24.6 Å². The van der Waals surface area contributed by atoms with Crippen LogP contribution in [0.3, 0.4) is 0 Å². The van der Waals surface area contributed by atoms with Crippen LogP contribution in [0.2, 0.25) is 0 Å². The predicted octanol–water partition coefficient (Wildman–Crippen LogP) is 4.15. The van der Waals surface area contributed by atoms with Crippen molar-refractivity contribution < 1.29 is 17.6 Å². The molecule has 1 N–H and O–H groups in total. The lowest BCUT2D eigenvalue weighted by Crippen LogP contribution is -2.20. The highest BCUT2D eigenvalue weighted by Crippen LogP contribution is 2.32. The predicted molar refractivity (Wildman–Crippen MR) is 68.8 cm³/mol. The molecule has 1 aromatic heterocycles. The summed E-state index contributed by atoms with van der Waals surface area (Å²) in [6, 6.07) is 2.53. The molecule has 0 amide bonds. The molecule has 1 heterocycles. The maximum absolute atomic E-state index is 13.0. The molecule has 0 saturated carbocycles. The zero-order valence-electron chi connectivity index (χ0n) is 10.5. The van der Waals surface area contributed by atoms with Crippen molar-refractivity contribution in [2.45, 2.75) is 25.7 Å². The van der Waals surface area contributed by atoms with Crippen LogP contribution in [0.4, 0.5) is 17.6 Å². The standard InChI is InChI=1S/C13H12F4N2S/c1-8(12-18-4-5-20-12)19-7-9-2-3-10(14)6-11(9)13(15,16)17/h2-6,8,19H,7H2,1H3. The molecule has 0 fully saturated rings. The van der Waals surface area contributed by atoms with Gasteiger partial charge in [-0.2, -0.15) is 13.2 Å². The van der Waals surface area contributed by atoms with Gasteiger partial charge in [0.05, 0.1) is 11.6 Å². The van der Waals surface area contributed by atoms with E-state index in [-0.39, 0.29) is 18.2 Å². The molecule has 1 unspecified atom stereocenters. The highest BCUT2D eigenvalue weighted by atomic mass is 32.1. The van der Waals surface area contributed by atoms with Gasteiger partial charge in [-0.15, -0.1) is 11.3 Å². The van der Waals surface area contributed by atoms with E-state index in [9.17, 15) is 17.6 Å². The van der Waals surface area contributed by atoms with E-state index in [1.165, 1.54) is 11.3 Å². The number of rotatable bonds is 4. The smallest absolute Gasteiger partial charge is 0.304 e. The summed E-state index contributed by atoms with van der Waals surface area (Å²) in [6.45, 7) is 1.81. The molecular weight excluding hydrogens is 292 g/mol. The highest BCUT2D eigenvalue weighted by Gasteiger charge is 2.33. The van der Waals surface area contributed by atoms with E-state index in [1.54, 1.807) is 11.6 Å². The van der Waals surface area contributed by atoms with E-state index in [1.807, 2.05) is 6.92 Å². The van der Waals surface area contributed by atoms with Gasteiger partial charge in [0.25, 0.3) is 0 Å². The molecule has 108 valence electrons. The second-order valence-corrected chi connectivity index (χ2v) is 5.20. The zero-order valence-corrected chi connectivity index (χ0v) is 11.4. The van der Waals surface area contributed by atoms with Gasteiger partial charge >= 0.3 is 6.18 Å². The molecule has 2 aromatic rings. The lowest BCUT2D eigenvalue weighted by atomic mass is 10.1. The van der Waals surface area contributed by atoms with Crippen LogP contribution in [0.15, 0.2) is 29.8 Å². The Kier molecular flexibility index (Phi) is 4.39. The van der Waals surface area contributed by atoms with Crippen LogP contribution in [-0.4, -0.2) is 4.98 Å². The summed E-state index contributed by atoms with van der Waals surface area (Å²) >= 11 is 1.42. The number of halogens is 4. The van der Waals surface area contributed by atoms with Crippen molar-refractivity contribution in [1.82, 2.24) is 10.3 Å². The third-order valence-electron chi connectivity index (χ3n) is 2.80. The number of aromatic nitrogens is 1. The van der Waals surface area contributed by atoms with Gasteiger partial charge in [-0.1, -0.05) is 6.07 Å². The Hall–Kier alpha value is -1.47. The van der Waals surface area contributed by atoms with E-state index in [0.29, 0.717) is 6.07 Å². The largest absolute Gasteiger partial charge is 0.416 e. The summed E-state index contributed by atoms with van der Waals surface area (Å²) in [5.41, 5.74) is -0.932. The van der Waals surface area contributed by atoms with Gasteiger partial charge in [0, 0.05) is 18.1 Å². The van der Waals surface area contributed by atoms with Crippen molar-refractivity contribution in [2.75, 3.05) is 0 Å². The fourth-order valence-electron chi connectivity index (χ4n) is 1.77. The number of hydrogen-bond donors (Lipinski definition) is 1. The van der Waals surface area contributed by atoms with Crippen LogP contribution in [0, 0.1) is 5.82 Å². The number of nitrogens with zero attached hydrogens (tertiary/aromatic N) is 1. The molecule has 2 nitrogen and oxygen atoms in total. The third kappa shape index (κ3) is 3.55. The van der Waals surface area contributed by atoms with E-state index in [2.05, 4.69) is 10.3 Å². The number of hydrogen-bond acceptors (Lipinski definition) is 3. The summed E-state index contributed by atoms with van der Waals surface area (Å²) in [6.07, 6.45) is -2.93. The summed E-state index contributed by atoms with van der Waals surface area (Å²) < 4.78 is 51.4. The first kappa shape index (κ1) is 14.9. The van der Waals surface area contributed by atoms with Crippen molar-refractivity contribution in [3.05, 3.63) is 51.7 Å². The molecule has 1 atom stereocenters. The lowest BCUT2D eigenvalue weighted by Gasteiger charge is -2.16.